The molecular formula is C24H35N3O3S. The van der Waals surface area contributed by atoms with Gasteiger partial charge in [-0.25, -0.2) is 0 Å². The number of fused-ring (bicyclic) bond motifs is 3. The Kier molecular flexibility index (Phi) is 6.70. The van der Waals surface area contributed by atoms with Crippen LogP contribution < -0.4 is 5.32 Å². The van der Waals surface area contributed by atoms with Crippen LogP contribution in [0.15, 0.2) is 16.5 Å². The van der Waals surface area contributed by atoms with Crippen molar-refractivity contribution < 1.29 is 14.0 Å². The zero-order valence-electron chi connectivity index (χ0n) is 19.0. The summed E-state index contributed by atoms with van der Waals surface area (Å²) in [4.78, 5) is 29.0. The van der Waals surface area contributed by atoms with Crippen LogP contribution in [0.4, 0.5) is 0 Å². The highest BCUT2D eigenvalue weighted by Crippen LogP contribution is 2.34. The molecule has 3 heterocycles. The van der Waals surface area contributed by atoms with Gasteiger partial charge in [0.05, 0.1) is 12.1 Å². The molecule has 2 aliphatic rings. The zero-order valence-corrected chi connectivity index (χ0v) is 19.9. The molecule has 1 N–H and O–H groups in total. The average Bonchev–Trinajstić information content (AvgIpc) is 3.27. The van der Waals surface area contributed by atoms with Gasteiger partial charge < -0.3 is 19.2 Å². The summed E-state index contributed by atoms with van der Waals surface area (Å²) in [5.41, 5.74) is 1.33. The highest BCUT2D eigenvalue weighted by molar-refractivity contribution is 7.99. The van der Waals surface area contributed by atoms with Crippen LogP contribution in [0.3, 0.4) is 0 Å². The number of amides is 2. The first-order valence-corrected chi connectivity index (χ1v) is 12.9. The predicted molar refractivity (Wildman–Crippen MR) is 126 cm³/mol. The molecule has 0 bridgehead atoms. The second-order valence-electron chi connectivity index (χ2n) is 9.23. The first kappa shape index (κ1) is 22.3. The van der Waals surface area contributed by atoms with Crippen LogP contribution in [0.25, 0.3) is 11.1 Å². The Bertz CT molecular complexity index is 943. The SMILES string of the molecule is CCCSCCCN1C(=O)c2cc3oc(C)cc3n2C[C@@]1(C)C(=O)NC1CCCCC1. The van der Waals surface area contributed by atoms with Crippen molar-refractivity contribution in [2.75, 3.05) is 18.1 Å². The monoisotopic (exact) mass is 445 g/mol. The van der Waals surface area contributed by atoms with Crippen molar-refractivity contribution in [3.8, 4) is 0 Å². The van der Waals surface area contributed by atoms with E-state index in [2.05, 4.69) is 12.2 Å². The number of hydrogen-bond donors (Lipinski definition) is 1. The third kappa shape index (κ3) is 4.38. The number of carbonyl (C=O) groups is 2. The van der Waals surface area contributed by atoms with E-state index in [0.717, 1.165) is 66.9 Å². The molecule has 2 aromatic heterocycles. The summed E-state index contributed by atoms with van der Waals surface area (Å²) in [5.74, 6) is 2.85. The molecule has 7 heteroatoms. The number of nitrogens with one attached hydrogen (secondary N) is 1. The molecule has 1 atom stereocenters. The molecule has 1 aliphatic heterocycles. The van der Waals surface area contributed by atoms with Gasteiger partial charge in [0.15, 0.2) is 5.58 Å². The molecule has 4 rings (SSSR count). The largest absolute Gasteiger partial charge is 0.460 e. The summed E-state index contributed by atoms with van der Waals surface area (Å²) in [6, 6.07) is 4.02. The van der Waals surface area contributed by atoms with E-state index in [1.54, 1.807) is 0 Å². The van der Waals surface area contributed by atoms with Crippen LogP contribution in [0.1, 0.15) is 75.0 Å². The number of thioether (sulfide) groups is 1. The maximum absolute atomic E-state index is 13.6. The van der Waals surface area contributed by atoms with Crippen LogP contribution >= 0.6 is 11.8 Å². The molecular weight excluding hydrogens is 410 g/mol. The van der Waals surface area contributed by atoms with E-state index < -0.39 is 5.54 Å². The topological polar surface area (TPSA) is 67.5 Å². The van der Waals surface area contributed by atoms with E-state index >= 15 is 0 Å². The molecule has 0 spiro atoms. The number of hydrogen-bond acceptors (Lipinski definition) is 4. The summed E-state index contributed by atoms with van der Waals surface area (Å²) in [6.45, 7) is 7.07. The predicted octanol–water partition coefficient (Wildman–Crippen LogP) is 4.74. The molecule has 170 valence electrons. The van der Waals surface area contributed by atoms with Crippen LogP contribution in [-0.4, -0.2) is 50.9 Å². The highest BCUT2D eigenvalue weighted by Gasteiger charge is 2.48. The quantitative estimate of drug-likeness (QED) is 0.596. The van der Waals surface area contributed by atoms with Gasteiger partial charge >= 0.3 is 0 Å². The molecule has 1 fully saturated rings. The second kappa shape index (κ2) is 9.31. The molecule has 2 amide bonds. The minimum atomic E-state index is -0.909. The highest BCUT2D eigenvalue weighted by atomic mass is 32.2. The van der Waals surface area contributed by atoms with Crippen molar-refractivity contribution in [1.29, 1.82) is 0 Å². The van der Waals surface area contributed by atoms with E-state index in [9.17, 15) is 9.59 Å². The fraction of sp³-hybridized carbons (Fsp3) is 0.667. The first-order valence-electron chi connectivity index (χ1n) is 11.7. The van der Waals surface area contributed by atoms with E-state index in [-0.39, 0.29) is 17.9 Å². The van der Waals surface area contributed by atoms with E-state index in [0.29, 0.717) is 18.8 Å². The first-order chi connectivity index (χ1) is 14.9. The van der Waals surface area contributed by atoms with Gasteiger partial charge in [0.1, 0.15) is 17.0 Å². The van der Waals surface area contributed by atoms with Crippen molar-refractivity contribution in [3.05, 3.63) is 23.6 Å². The van der Waals surface area contributed by atoms with Gasteiger partial charge in [-0.05, 0) is 51.0 Å². The van der Waals surface area contributed by atoms with Crippen LogP contribution in [0.5, 0.6) is 0 Å². The van der Waals surface area contributed by atoms with Crippen molar-refractivity contribution in [1.82, 2.24) is 14.8 Å². The van der Waals surface area contributed by atoms with Gasteiger partial charge in [-0.1, -0.05) is 26.2 Å². The third-order valence-electron chi connectivity index (χ3n) is 6.69. The number of rotatable bonds is 8. The Hall–Kier alpha value is -1.89. The molecule has 0 unspecified atom stereocenters. The second-order valence-corrected chi connectivity index (χ2v) is 10.5. The molecule has 1 saturated carbocycles. The van der Waals surface area contributed by atoms with Crippen LogP contribution in [0, 0.1) is 6.92 Å². The lowest BCUT2D eigenvalue weighted by atomic mass is 9.91. The number of carbonyl (C=O) groups excluding carboxylic acids is 2. The van der Waals surface area contributed by atoms with Gasteiger partial charge in [0, 0.05) is 24.7 Å². The van der Waals surface area contributed by atoms with E-state index in [4.69, 9.17) is 4.42 Å². The van der Waals surface area contributed by atoms with Gasteiger partial charge in [0.2, 0.25) is 5.91 Å². The smallest absolute Gasteiger partial charge is 0.271 e. The van der Waals surface area contributed by atoms with E-state index in [1.165, 1.54) is 6.42 Å². The zero-order chi connectivity index (χ0) is 22.0. The molecule has 2 aromatic rings. The lowest BCUT2D eigenvalue weighted by molar-refractivity contribution is -0.133. The maximum Gasteiger partial charge on any atom is 0.271 e. The third-order valence-corrected chi connectivity index (χ3v) is 7.96. The van der Waals surface area contributed by atoms with E-state index in [1.807, 2.05) is 47.2 Å². The summed E-state index contributed by atoms with van der Waals surface area (Å²) >= 11 is 1.91. The molecule has 31 heavy (non-hydrogen) atoms. The Labute approximate surface area is 189 Å². The number of aromatic nitrogens is 1. The van der Waals surface area contributed by atoms with Gasteiger partial charge in [-0.15, -0.1) is 0 Å². The Morgan fingerprint density at radius 1 is 1.26 bits per heavy atom. The average molecular weight is 446 g/mol. The minimum Gasteiger partial charge on any atom is -0.460 e. The van der Waals surface area contributed by atoms with Crippen molar-refractivity contribution >= 4 is 34.7 Å². The van der Waals surface area contributed by atoms with Gasteiger partial charge in [-0.3, -0.25) is 9.59 Å². The van der Waals surface area contributed by atoms with Crippen molar-refractivity contribution in [2.45, 2.75) is 83.8 Å². The molecule has 0 radical (unpaired) electrons. The molecule has 1 aliphatic carbocycles. The molecule has 6 nitrogen and oxygen atoms in total. The normalized spacial score (nSPS) is 22.2. The molecule has 0 aromatic carbocycles. The fourth-order valence-electron chi connectivity index (χ4n) is 4.97. The van der Waals surface area contributed by atoms with Crippen LogP contribution in [-0.2, 0) is 11.3 Å². The number of nitrogens with zero attached hydrogens (tertiary/aromatic N) is 2. The van der Waals surface area contributed by atoms with Gasteiger partial charge in [-0.2, -0.15) is 11.8 Å². The summed E-state index contributed by atoms with van der Waals surface area (Å²) < 4.78 is 7.77. The summed E-state index contributed by atoms with van der Waals surface area (Å²) in [6.07, 6.45) is 7.67. The fourth-order valence-corrected chi connectivity index (χ4v) is 5.80. The number of aryl methyl sites for hydroxylation is 1. The van der Waals surface area contributed by atoms with Crippen molar-refractivity contribution in [3.63, 3.8) is 0 Å². The standard InChI is InChI=1S/C24H35N3O3S/c1-4-12-31-13-8-11-27-22(28)20-15-21-19(14-17(2)30-21)26(20)16-24(27,3)23(29)25-18-9-6-5-7-10-18/h14-15,18H,4-13,16H2,1-3H3,(H,25,29)/t24-/m0/s1. The molecule has 0 saturated heterocycles. The number of furan rings is 1. The lowest BCUT2D eigenvalue weighted by Crippen LogP contribution is -2.65. The summed E-state index contributed by atoms with van der Waals surface area (Å²) in [5, 5.41) is 3.29. The van der Waals surface area contributed by atoms with Crippen LogP contribution in [0.2, 0.25) is 0 Å². The Morgan fingerprint density at radius 2 is 2.03 bits per heavy atom. The summed E-state index contributed by atoms with van der Waals surface area (Å²) in [7, 11) is 0. The van der Waals surface area contributed by atoms with Crippen molar-refractivity contribution in [2.24, 2.45) is 0 Å². The Balaban J connectivity index is 1.61. The minimum absolute atomic E-state index is 0.0262. The maximum atomic E-state index is 13.6. The van der Waals surface area contributed by atoms with Gasteiger partial charge in [0.25, 0.3) is 5.91 Å². The lowest BCUT2D eigenvalue weighted by Gasteiger charge is -2.44. The Morgan fingerprint density at radius 3 is 2.77 bits per heavy atom.